The first-order valence-electron chi connectivity index (χ1n) is 6.50. The zero-order chi connectivity index (χ0) is 14.8. The van der Waals surface area contributed by atoms with Crippen LogP contribution in [0.15, 0.2) is 28.8 Å². The maximum Gasteiger partial charge on any atom is 0.196 e. The minimum absolute atomic E-state index is 0.0263. The summed E-state index contributed by atoms with van der Waals surface area (Å²) in [6, 6.07) is 3.38. The molecule has 0 saturated heterocycles. The van der Waals surface area contributed by atoms with Crippen LogP contribution in [0.5, 0.6) is 0 Å². The molecule has 2 rings (SSSR count). The van der Waals surface area contributed by atoms with Crippen molar-refractivity contribution in [2.45, 2.75) is 32.7 Å². The molecule has 0 unspecified atom stereocenters. The minimum atomic E-state index is -0.652. The van der Waals surface area contributed by atoms with Crippen LogP contribution in [0.25, 0.3) is 11.3 Å². The normalized spacial score (nSPS) is 11.8. The van der Waals surface area contributed by atoms with Gasteiger partial charge in [-0.2, -0.15) is 0 Å². The molecule has 0 saturated carbocycles. The van der Waals surface area contributed by atoms with Gasteiger partial charge in [-0.1, -0.05) is 0 Å². The zero-order valence-corrected chi connectivity index (χ0v) is 11.8. The third kappa shape index (κ3) is 3.87. The van der Waals surface area contributed by atoms with Gasteiger partial charge in [0.2, 0.25) is 0 Å². The van der Waals surface area contributed by atoms with Gasteiger partial charge >= 0.3 is 0 Å². The smallest absolute Gasteiger partial charge is 0.196 e. The van der Waals surface area contributed by atoms with E-state index in [0.717, 1.165) is 12.6 Å². The van der Waals surface area contributed by atoms with Crippen molar-refractivity contribution in [3.63, 3.8) is 0 Å². The number of nitrogens with zero attached hydrogens (tertiary/aromatic N) is 1. The van der Waals surface area contributed by atoms with Crippen molar-refractivity contribution >= 4 is 0 Å². The Hall–Kier alpha value is -1.75. The quantitative estimate of drug-likeness (QED) is 0.930. The molecule has 0 aliphatic carbocycles. The van der Waals surface area contributed by atoms with Gasteiger partial charge in [0.15, 0.2) is 11.7 Å². The maximum atomic E-state index is 13.6. The molecule has 1 N–H and O–H groups in total. The predicted octanol–water partition coefficient (Wildman–Crippen LogP) is 3.55. The van der Waals surface area contributed by atoms with Gasteiger partial charge in [-0.05, 0) is 32.9 Å². The second-order valence-electron chi connectivity index (χ2n) is 5.67. The van der Waals surface area contributed by atoms with E-state index in [1.54, 1.807) is 0 Å². The van der Waals surface area contributed by atoms with E-state index < -0.39 is 11.6 Å². The van der Waals surface area contributed by atoms with Crippen LogP contribution < -0.4 is 5.32 Å². The first-order valence-corrected chi connectivity index (χ1v) is 6.50. The van der Waals surface area contributed by atoms with E-state index in [9.17, 15) is 8.78 Å². The van der Waals surface area contributed by atoms with Crippen LogP contribution in [-0.4, -0.2) is 17.1 Å². The molecule has 3 nitrogen and oxygen atoms in total. The van der Waals surface area contributed by atoms with Crippen LogP contribution in [-0.2, 0) is 6.42 Å². The third-order valence-corrected chi connectivity index (χ3v) is 2.74. The molecule has 20 heavy (non-hydrogen) atoms. The molecular weight excluding hydrogens is 262 g/mol. The molecule has 108 valence electrons. The summed E-state index contributed by atoms with van der Waals surface area (Å²) in [5.74, 6) is -0.422. The summed E-state index contributed by atoms with van der Waals surface area (Å²) in [6.45, 7) is 6.93. The van der Waals surface area contributed by atoms with Crippen molar-refractivity contribution in [2.24, 2.45) is 0 Å². The summed E-state index contributed by atoms with van der Waals surface area (Å²) in [5, 5.41) is 3.31. The van der Waals surface area contributed by atoms with E-state index in [1.165, 1.54) is 18.3 Å². The summed E-state index contributed by atoms with van der Waals surface area (Å²) in [5.41, 5.74) is 0.243. The summed E-state index contributed by atoms with van der Waals surface area (Å²) in [6.07, 6.45) is 2.07. The fraction of sp³-hybridized carbons (Fsp3) is 0.400. The van der Waals surface area contributed by atoms with E-state index >= 15 is 0 Å². The molecule has 0 aliphatic rings. The van der Waals surface area contributed by atoms with Crippen molar-refractivity contribution in [3.8, 4) is 11.3 Å². The fourth-order valence-electron chi connectivity index (χ4n) is 1.78. The highest BCUT2D eigenvalue weighted by molar-refractivity contribution is 5.57. The van der Waals surface area contributed by atoms with Gasteiger partial charge < -0.3 is 9.73 Å². The van der Waals surface area contributed by atoms with E-state index in [2.05, 4.69) is 31.1 Å². The Balaban J connectivity index is 2.05. The standard InChI is InChI=1S/C15H18F2N2O/c1-15(2,3)19-7-6-14-18-9-13(20-14)11-5-4-10(16)8-12(11)17/h4-5,8-9,19H,6-7H2,1-3H3. The average molecular weight is 280 g/mol. The van der Waals surface area contributed by atoms with Gasteiger partial charge in [-0.25, -0.2) is 13.8 Å². The number of aromatic nitrogens is 1. The monoisotopic (exact) mass is 280 g/mol. The fourth-order valence-corrected chi connectivity index (χ4v) is 1.78. The van der Waals surface area contributed by atoms with Crippen LogP contribution in [0.2, 0.25) is 0 Å². The summed E-state index contributed by atoms with van der Waals surface area (Å²) in [4.78, 5) is 4.11. The SMILES string of the molecule is CC(C)(C)NCCc1ncc(-c2ccc(F)cc2F)o1. The molecule has 1 heterocycles. The summed E-state index contributed by atoms with van der Waals surface area (Å²) < 4.78 is 32.0. The van der Waals surface area contributed by atoms with Gasteiger partial charge in [0.25, 0.3) is 0 Å². The Morgan fingerprint density at radius 3 is 2.65 bits per heavy atom. The Labute approximate surface area is 117 Å². The van der Waals surface area contributed by atoms with Gasteiger partial charge in [-0.3, -0.25) is 0 Å². The number of hydrogen-bond donors (Lipinski definition) is 1. The lowest BCUT2D eigenvalue weighted by Gasteiger charge is -2.19. The Morgan fingerprint density at radius 1 is 1.25 bits per heavy atom. The van der Waals surface area contributed by atoms with Gasteiger partial charge in [0, 0.05) is 24.6 Å². The molecule has 0 radical (unpaired) electrons. The highest BCUT2D eigenvalue weighted by Gasteiger charge is 2.13. The number of benzene rings is 1. The van der Waals surface area contributed by atoms with E-state index in [4.69, 9.17) is 4.42 Å². The second kappa shape index (κ2) is 5.71. The maximum absolute atomic E-state index is 13.6. The topological polar surface area (TPSA) is 38.1 Å². The lowest BCUT2D eigenvalue weighted by atomic mass is 10.1. The van der Waals surface area contributed by atoms with E-state index in [-0.39, 0.29) is 11.1 Å². The first kappa shape index (κ1) is 14.7. The molecule has 0 amide bonds. The van der Waals surface area contributed by atoms with Crippen molar-refractivity contribution < 1.29 is 13.2 Å². The Morgan fingerprint density at radius 2 is 2.00 bits per heavy atom. The molecule has 0 bridgehead atoms. The van der Waals surface area contributed by atoms with Crippen molar-refractivity contribution in [1.29, 1.82) is 0 Å². The molecule has 5 heteroatoms. The molecule has 0 spiro atoms. The summed E-state index contributed by atoms with van der Waals surface area (Å²) in [7, 11) is 0. The van der Waals surface area contributed by atoms with Crippen LogP contribution in [0.1, 0.15) is 26.7 Å². The molecule has 1 aromatic heterocycles. The minimum Gasteiger partial charge on any atom is -0.441 e. The number of hydrogen-bond acceptors (Lipinski definition) is 3. The lowest BCUT2D eigenvalue weighted by Crippen LogP contribution is -2.37. The first-order chi connectivity index (χ1) is 9.35. The molecule has 0 atom stereocenters. The van der Waals surface area contributed by atoms with Gasteiger partial charge in [0.05, 0.1) is 11.8 Å². The molecule has 0 aliphatic heterocycles. The third-order valence-electron chi connectivity index (χ3n) is 2.74. The predicted molar refractivity (Wildman–Crippen MR) is 73.3 cm³/mol. The molecule has 1 aromatic carbocycles. The van der Waals surface area contributed by atoms with Crippen molar-refractivity contribution in [2.75, 3.05) is 6.54 Å². The van der Waals surface area contributed by atoms with Gasteiger partial charge in [0.1, 0.15) is 11.6 Å². The summed E-state index contributed by atoms with van der Waals surface area (Å²) >= 11 is 0. The number of rotatable bonds is 4. The molecule has 2 aromatic rings. The Bertz CT molecular complexity index is 588. The van der Waals surface area contributed by atoms with E-state index in [1.807, 2.05) is 0 Å². The van der Waals surface area contributed by atoms with Crippen molar-refractivity contribution in [1.82, 2.24) is 10.3 Å². The Kier molecular flexibility index (Phi) is 4.18. The molecule has 0 fully saturated rings. The highest BCUT2D eigenvalue weighted by Crippen LogP contribution is 2.24. The highest BCUT2D eigenvalue weighted by atomic mass is 19.1. The number of nitrogens with one attached hydrogen (secondary N) is 1. The van der Waals surface area contributed by atoms with Crippen LogP contribution in [0.3, 0.4) is 0 Å². The molecular formula is C15H18F2N2O. The lowest BCUT2D eigenvalue weighted by molar-refractivity contribution is 0.411. The van der Waals surface area contributed by atoms with Crippen LogP contribution in [0.4, 0.5) is 8.78 Å². The number of halogens is 2. The van der Waals surface area contributed by atoms with Crippen LogP contribution >= 0.6 is 0 Å². The second-order valence-corrected chi connectivity index (χ2v) is 5.67. The number of oxazole rings is 1. The van der Waals surface area contributed by atoms with E-state index in [0.29, 0.717) is 18.1 Å². The van der Waals surface area contributed by atoms with Crippen LogP contribution in [0, 0.1) is 11.6 Å². The largest absolute Gasteiger partial charge is 0.441 e. The zero-order valence-electron chi connectivity index (χ0n) is 11.8. The van der Waals surface area contributed by atoms with Gasteiger partial charge in [-0.15, -0.1) is 0 Å². The average Bonchev–Trinajstić information content (AvgIpc) is 2.75. The van der Waals surface area contributed by atoms with Crippen molar-refractivity contribution in [3.05, 3.63) is 41.9 Å².